The van der Waals surface area contributed by atoms with Gasteiger partial charge in [0.25, 0.3) is 0 Å². The quantitative estimate of drug-likeness (QED) is 0.737. The van der Waals surface area contributed by atoms with Crippen LogP contribution in [-0.2, 0) is 0 Å². The Hall–Kier alpha value is -2.31. The fraction of sp³-hybridized carbons (Fsp3) is 0.0667. The van der Waals surface area contributed by atoms with Crippen molar-refractivity contribution in [1.82, 2.24) is 0 Å². The van der Waals surface area contributed by atoms with E-state index in [1.807, 2.05) is 0 Å². The molecule has 3 N–H and O–H groups in total. The molecule has 0 unspecified atom stereocenters. The molecule has 7 heteroatoms. The average Bonchev–Trinajstić information content (AvgIpc) is 2.48. The third-order valence-corrected chi connectivity index (χ3v) is 3.24. The van der Waals surface area contributed by atoms with Crippen molar-refractivity contribution in [2.24, 2.45) is 0 Å². The number of nitrogens with one attached hydrogen (secondary N) is 2. The molecule has 0 atom stereocenters. The first kappa shape index (κ1) is 16.1. The van der Waals surface area contributed by atoms with E-state index in [0.717, 1.165) is 0 Å². The van der Waals surface area contributed by atoms with Gasteiger partial charge in [0.2, 0.25) is 0 Å². The molecule has 0 fully saturated rings. The molecule has 0 heterocycles. The summed E-state index contributed by atoms with van der Waals surface area (Å²) in [6.45, 7) is 0. The molecule has 0 aromatic heterocycles. The predicted octanol–water partition coefficient (Wildman–Crippen LogP) is 3.86. The van der Waals surface area contributed by atoms with Gasteiger partial charge in [-0.05, 0) is 54.7 Å². The van der Waals surface area contributed by atoms with E-state index in [1.54, 1.807) is 37.4 Å². The van der Waals surface area contributed by atoms with Crippen LogP contribution in [0.2, 0.25) is 5.02 Å². The highest BCUT2D eigenvalue weighted by atomic mass is 35.5. The Morgan fingerprint density at radius 1 is 1.18 bits per heavy atom. The van der Waals surface area contributed by atoms with Gasteiger partial charge >= 0.3 is 5.97 Å². The lowest BCUT2D eigenvalue weighted by Crippen LogP contribution is -2.19. The zero-order valence-electron chi connectivity index (χ0n) is 11.6. The summed E-state index contributed by atoms with van der Waals surface area (Å²) in [5.41, 5.74) is 1.51. The topological polar surface area (TPSA) is 70.6 Å². The van der Waals surface area contributed by atoms with Crippen LogP contribution >= 0.6 is 23.8 Å². The van der Waals surface area contributed by atoms with Crippen LogP contribution in [0.4, 0.5) is 11.4 Å². The Kier molecular flexibility index (Phi) is 5.19. The highest BCUT2D eigenvalue weighted by Gasteiger charge is 2.07. The van der Waals surface area contributed by atoms with Crippen LogP contribution in [0.15, 0.2) is 42.5 Å². The van der Waals surface area contributed by atoms with Crippen molar-refractivity contribution in [2.75, 3.05) is 17.7 Å². The van der Waals surface area contributed by atoms with Crippen LogP contribution in [0.3, 0.4) is 0 Å². The van der Waals surface area contributed by atoms with Gasteiger partial charge in [0.1, 0.15) is 5.75 Å². The fourth-order valence-electron chi connectivity index (χ4n) is 1.76. The summed E-state index contributed by atoms with van der Waals surface area (Å²) in [4.78, 5) is 10.8. The summed E-state index contributed by atoms with van der Waals surface area (Å²) in [5, 5.41) is 15.7. The maximum atomic E-state index is 10.8. The molecule has 0 radical (unpaired) electrons. The normalized spacial score (nSPS) is 9.91. The number of methoxy groups -OCH3 is 1. The van der Waals surface area contributed by atoms with Gasteiger partial charge in [0.15, 0.2) is 5.11 Å². The lowest BCUT2D eigenvalue weighted by atomic mass is 10.2. The van der Waals surface area contributed by atoms with Crippen molar-refractivity contribution < 1.29 is 14.6 Å². The van der Waals surface area contributed by atoms with Crippen LogP contribution in [0.25, 0.3) is 0 Å². The number of rotatable bonds is 4. The Bertz CT molecular complexity index is 704. The molecule has 0 saturated heterocycles. The van der Waals surface area contributed by atoms with Crippen molar-refractivity contribution in [3.05, 3.63) is 53.1 Å². The second-order valence-electron chi connectivity index (χ2n) is 4.31. The minimum absolute atomic E-state index is 0.209. The van der Waals surface area contributed by atoms with E-state index < -0.39 is 5.97 Å². The first-order valence-corrected chi connectivity index (χ1v) is 7.03. The molecule has 0 bridgehead atoms. The summed E-state index contributed by atoms with van der Waals surface area (Å²) in [7, 11) is 1.55. The summed E-state index contributed by atoms with van der Waals surface area (Å²) < 4.78 is 5.22. The Morgan fingerprint density at radius 3 is 2.45 bits per heavy atom. The van der Waals surface area contributed by atoms with Crippen molar-refractivity contribution in [3.63, 3.8) is 0 Å². The van der Waals surface area contributed by atoms with Crippen LogP contribution < -0.4 is 15.4 Å². The lowest BCUT2D eigenvalue weighted by Gasteiger charge is -2.13. The Labute approximate surface area is 137 Å². The molecule has 0 amide bonds. The molecule has 2 rings (SSSR count). The van der Waals surface area contributed by atoms with Gasteiger partial charge in [0, 0.05) is 10.7 Å². The Balaban J connectivity index is 2.07. The van der Waals surface area contributed by atoms with E-state index >= 15 is 0 Å². The van der Waals surface area contributed by atoms with E-state index in [1.165, 1.54) is 12.1 Å². The van der Waals surface area contributed by atoms with E-state index in [4.69, 9.17) is 33.7 Å². The number of anilines is 2. The highest BCUT2D eigenvalue weighted by molar-refractivity contribution is 7.80. The van der Waals surface area contributed by atoms with Gasteiger partial charge in [-0.3, -0.25) is 0 Å². The monoisotopic (exact) mass is 336 g/mol. The van der Waals surface area contributed by atoms with Gasteiger partial charge in [-0.15, -0.1) is 0 Å². The second kappa shape index (κ2) is 7.11. The summed E-state index contributed by atoms with van der Waals surface area (Å²) in [6.07, 6.45) is 0. The fourth-order valence-corrected chi connectivity index (χ4v) is 2.16. The molecule has 22 heavy (non-hydrogen) atoms. The number of halogens is 1. The van der Waals surface area contributed by atoms with Gasteiger partial charge < -0.3 is 20.5 Å². The summed E-state index contributed by atoms with van der Waals surface area (Å²) >= 11 is 11.2. The predicted molar refractivity (Wildman–Crippen MR) is 91.2 cm³/mol. The van der Waals surface area contributed by atoms with Crippen LogP contribution in [0.5, 0.6) is 5.75 Å². The van der Waals surface area contributed by atoms with Gasteiger partial charge in [-0.1, -0.05) is 11.6 Å². The van der Waals surface area contributed by atoms with Crippen molar-refractivity contribution >= 4 is 46.3 Å². The summed E-state index contributed by atoms with van der Waals surface area (Å²) in [6, 6.07) is 11.4. The van der Waals surface area contributed by atoms with Crippen LogP contribution in [0.1, 0.15) is 10.4 Å². The number of thiocarbonyl (C=S) groups is 1. The van der Waals surface area contributed by atoms with E-state index in [-0.39, 0.29) is 5.56 Å². The van der Waals surface area contributed by atoms with Crippen molar-refractivity contribution in [2.45, 2.75) is 0 Å². The SMILES string of the molecule is COc1ccc(Cl)cc1NC(=S)Nc1ccc(C(=O)O)cc1. The highest BCUT2D eigenvalue weighted by Crippen LogP contribution is 2.27. The number of carboxylic acid groups (broad SMARTS) is 1. The van der Waals surface area contributed by atoms with Crippen molar-refractivity contribution in [3.8, 4) is 5.75 Å². The number of carbonyl (C=O) groups is 1. The smallest absolute Gasteiger partial charge is 0.335 e. The molecule has 2 aromatic carbocycles. The molecule has 0 aliphatic rings. The molecule has 0 spiro atoms. The zero-order chi connectivity index (χ0) is 16.1. The summed E-state index contributed by atoms with van der Waals surface area (Å²) in [5.74, 6) is -0.370. The minimum Gasteiger partial charge on any atom is -0.495 e. The number of aromatic carboxylic acids is 1. The van der Waals surface area contributed by atoms with Crippen molar-refractivity contribution in [1.29, 1.82) is 0 Å². The number of carboxylic acids is 1. The molecule has 0 saturated carbocycles. The van der Waals surface area contributed by atoms with Crippen LogP contribution in [-0.4, -0.2) is 23.3 Å². The third-order valence-electron chi connectivity index (χ3n) is 2.80. The molecular formula is C15H13ClN2O3S. The lowest BCUT2D eigenvalue weighted by molar-refractivity contribution is 0.0697. The number of ether oxygens (including phenoxy) is 1. The van der Waals surface area contributed by atoms with E-state index in [0.29, 0.717) is 27.3 Å². The zero-order valence-corrected chi connectivity index (χ0v) is 13.2. The van der Waals surface area contributed by atoms with Gasteiger partial charge in [0.05, 0.1) is 18.4 Å². The van der Waals surface area contributed by atoms with E-state index in [9.17, 15) is 4.79 Å². The number of benzene rings is 2. The number of hydrogen-bond donors (Lipinski definition) is 3. The molecule has 0 aliphatic heterocycles. The van der Waals surface area contributed by atoms with E-state index in [2.05, 4.69) is 10.6 Å². The maximum absolute atomic E-state index is 10.8. The third kappa shape index (κ3) is 4.09. The number of hydrogen-bond acceptors (Lipinski definition) is 3. The average molecular weight is 337 g/mol. The molecule has 0 aliphatic carbocycles. The molecule has 114 valence electrons. The standard InChI is InChI=1S/C15H13ClN2O3S/c1-21-13-7-4-10(16)8-12(13)18-15(22)17-11-5-2-9(3-6-11)14(19)20/h2-8H,1H3,(H,19,20)(H2,17,18,22). The molecular weight excluding hydrogens is 324 g/mol. The second-order valence-corrected chi connectivity index (χ2v) is 5.15. The molecule has 2 aromatic rings. The van der Waals surface area contributed by atoms with Gasteiger partial charge in [-0.2, -0.15) is 0 Å². The first-order chi connectivity index (χ1) is 10.5. The largest absolute Gasteiger partial charge is 0.495 e. The minimum atomic E-state index is -0.976. The maximum Gasteiger partial charge on any atom is 0.335 e. The molecule has 5 nitrogen and oxygen atoms in total. The van der Waals surface area contributed by atoms with Crippen LogP contribution in [0, 0.1) is 0 Å². The van der Waals surface area contributed by atoms with Gasteiger partial charge in [-0.25, -0.2) is 4.79 Å². The first-order valence-electron chi connectivity index (χ1n) is 6.24. The Morgan fingerprint density at radius 2 is 1.86 bits per heavy atom.